The second-order valence-corrected chi connectivity index (χ2v) is 6.61. The van der Waals surface area contributed by atoms with E-state index in [1.165, 1.54) is 5.56 Å². The zero-order valence-corrected chi connectivity index (χ0v) is 14.3. The summed E-state index contributed by atoms with van der Waals surface area (Å²) >= 11 is 6.25. The lowest BCUT2D eigenvalue weighted by Gasteiger charge is -2.32. The predicted molar refractivity (Wildman–Crippen MR) is 96.9 cm³/mol. The first-order chi connectivity index (χ1) is 11.8. The predicted octanol–water partition coefficient (Wildman–Crippen LogP) is 3.93. The molecule has 1 saturated heterocycles. The minimum absolute atomic E-state index is 0.605. The van der Waals surface area contributed by atoms with Gasteiger partial charge in [-0.3, -0.25) is 4.90 Å². The van der Waals surface area contributed by atoms with Gasteiger partial charge in [0, 0.05) is 24.3 Å². The smallest absolute Gasteiger partial charge is 0.143 e. The number of nitriles is 1. The molecule has 0 unspecified atom stereocenters. The van der Waals surface area contributed by atoms with Gasteiger partial charge < -0.3 is 5.32 Å². The molecule has 4 nitrogen and oxygen atoms in total. The highest BCUT2D eigenvalue weighted by Crippen LogP contribution is 2.22. The molecule has 124 valence electrons. The van der Waals surface area contributed by atoms with Crippen molar-refractivity contribution in [2.75, 3.05) is 25.0 Å². The average molecular weight is 341 g/mol. The number of nitrogens with one attached hydrogen (secondary N) is 1. The molecule has 1 fully saturated rings. The number of hydrogen-bond acceptors (Lipinski definition) is 4. The van der Waals surface area contributed by atoms with Crippen LogP contribution in [0.15, 0.2) is 42.6 Å². The molecule has 0 bridgehead atoms. The molecule has 2 heterocycles. The Balaban J connectivity index is 1.47. The number of aromatic nitrogens is 1. The SMILES string of the molecule is N#Cc1cccnc1NCC1CCN(Cc2ccccc2Cl)CC1. The van der Waals surface area contributed by atoms with Crippen LogP contribution >= 0.6 is 11.6 Å². The van der Waals surface area contributed by atoms with Crippen molar-refractivity contribution in [3.8, 4) is 6.07 Å². The van der Waals surface area contributed by atoms with E-state index in [2.05, 4.69) is 27.3 Å². The van der Waals surface area contributed by atoms with E-state index in [0.29, 0.717) is 17.3 Å². The van der Waals surface area contributed by atoms with Gasteiger partial charge >= 0.3 is 0 Å². The topological polar surface area (TPSA) is 52.0 Å². The van der Waals surface area contributed by atoms with Crippen molar-refractivity contribution < 1.29 is 0 Å². The molecular weight excluding hydrogens is 320 g/mol. The lowest BCUT2D eigenvalue weighted by Crippen LogP contribution is -2.35. The van der Waals surface area contributed by atoms with Crippen molar-refractivity contribution in [2.45, 2.75) is 19.4 Å². The van der Waals surface area contributed by atoms with Crippen LogP contribution in [0.5, 0.6) is 0 Å². The first kappa shape index (κ1) is 16.8. The normalized spacial score (nSPS) is 15.8. The molecule has 2 aromatic rings. The number of benzene rings is 1. The summed E-state index contributed by atoms with van der Waals surface area (Å²) in [5.41, 5.74) is 1.80. The van der Waals surface area contributed by atoms with Gasteiger partial charge in [0.2, 0.25) is 0 Å². The van der Waals surface area contributed by atoms with Crippen LogP contribution < -0.4 is 5.32 Å². The van der Waals surface area contributed by atoms with Crippen LogP contribution in [0.3, 0.4) is 0 Å². The standard InChI is InChI=1S/C19H21ClN4/c20-18-6-2-1-4-17(18)14-24-10-7-15(8-11-24)13-23-19-16(12-21)5-3-9-22-19/h1-6,9,15H,7-8,10-11,13-14H2,(H,22,23). The summed E-state index contributed by atoms with van der Waals surface area (Å²) in [7, 11) is 0. The number of halogens is 1. The molecule has 0 saturated carbocycles. The van der Waals surface area contributed by atoms with Gasteiger partial charge in [0.1, 0.15) is 11.9 Å². The molecule has 0 aliphatic carbocycles. The van der Waals surface area contributed by atoms with E-state index in [-0.39, 0.29) is 0 Å². The van der Waals surface area contributed by atoms with Crippen molar-refractivity contribution in [3.05, 3.63) is 58.7 Å². The molecule has 1 aromatic heterocycles. The summed E-state index contributed by atoms with van der Waals surface area (Å²) in [5.74, 6) is 1.31. The van der Waals surface area contributed by atoms with Crippen molar-refractivity contribution in [1.82, 2.24) is 9.88 Å². The number of likely N-dealkylation sites (tertiary alicyclic amines) is 1. The Hall–Kier alpha value is -2.09. The fraction of sp³-hybridized carbons (Fsp3) is 0.368. The molecule has 0 atom stereocenters. The summed E-state index contributed by atoms with van der Waals surface area (Å²) in [6, 6.07) is 13.8. The Kier molecular flexibility index (Phi) is 5.68. The zero-order valence-electron chi connectivity index (χ0n) is 13.6. The van der Waals surface area contributed by atoms with Crippen molar-refractivity contribution in [2.24, 2.45) is 5.92 Å². The van der Waals surface area contributed by atoms with Crippen LogP contribution in [0, 0.1) is 17.2 Å². The zero-order chi connectivity index (χ0) is 16.8. The largest absolute Gasteiger partial charge is 0.369 e. The Morgan fingerprint density at radius 2 is 2.00 bits per heavy atom. The molecule has 5 heteroatoms. The van der Waals surface area contributed by atoms with Crippen molar-refractivity contribution in [1.29, 1.82) is 5.26 Å². The first-order valence-electron chi connectivity index (χ1n) is 8.31. The maximum absolute atomic E-state index is 9.11. The van der Waals surface area contributed by atoms with Crippen LogP contribution in [0.25, 0.3) is 0 Å². The van der Waals surface area contributed by atoms with Crippen LogP contribution in [0.2, 0.25) is 5.02 Å². The second-order valence-electron chi connectivity index (χ2n) is 6.20. The molecule has 0 spiro atoms. The van der Waals surface area contributed by atoms with Crippen molar-refractivity contribution >= 4 is 17.4 Å². The highest BCUT2D eigenvalue weighted by molar-refractivity contribution is 6.31. The highest BCUT2D eigenvalue weighted by Gasteiger charge is 2.20. The lowest BCUT2D eigenvalue weighted by molar-refractivity contribution is 0.182. The minimum atomic E-state index is 0.605. The quantitative estimate of drug-likeness (QED) is 0.896. The molecule has 3 rings (SSSR count). The number of piperidine rings is 1. The van der Waals surface area contributed by atoms with Gasteiger partial charge in [0.25, 0.3) is 0 Å². The number of pyridine rings is 1. The number of hydrogen-bond donors (Lipinski definition) is 1. The van der Waals surface area contributed by atoms with E-state index in [9.17, 15) is 0 Å². The van der Waals surface area contributed by atoms with Crippen LogP contribution in [-0.4, -0.2) is 29.5 Å². The monoisotopic (exact) mass is 340 g/mol. The number of rotatable bonds is 5. The fourth-order valence-corrected chi connectivity index (χ4v) is 3.29. The Labute approximate surface area is 148 Å². The van der Waals surface area contributed by atoms with Gasteiger partial charge in [-0.25, -0.2) is 4.98 Å². The third-order valence-electron chi connectivity index (χ3n) is 4.55. The van der Waals surface area contributed by atoms with Gasteiger partial charge in [-0.2, -0.15) is 5.26 Å². The minimum Gasteiger partial charge on any atom is -0.369 e. The maximum Gasteiger partial charge on any atom is 0.143 e. The Bertz CT molecular complexity index is 717. The maximum atomic E-state index is 9.11. The Morgan fingerprint density at radius 1 is 1.21 bits per heavy atom. The van der Waals surface area contributed by atoms with E-state index >= 15 is 0 Å². The molecule has 1 aliphatic rings. The van der Waals surface area contributed by atoms with Gasteiger partial charge in [-0.15, -0.1) is 0 Å². The van der Waals surface area contributed by atoms with E-state index < -0.39 is 0 Å². The molecule has 24 heavy (non-hydrogen) atoms. The third-order valence-corrected chi connectivity index (χ3v) is 4.91. The molecule has 1 aromatic carbocycles. The lowest BCUT2D eigenvalue weighted by atomic mass is 9.96. The summed E-state index contributed by atoms with van der Waals surface area (Å²) < 4.78 is 0. The van der Waals surface area contributed by atoms with Gasteiger partial charge in [-0.05, 0) is 55.6 Å². The number of anilines is 1. The molecule has 1 N–H and O–H groups in total. The van der Waals surface area contributed by atoms with E-state index in [1.54, 1.807) is 18.3 Å². The van der Waals surface area contributed by atoms with Crippen LogP contribution in [-0.2, 0) is 6.54 Å². The molecular formula is C19H21ClN4. The highest BCUT2D eigenvalue weighted by atomic mass is 35.5. The number of nitrogens with zero attached hydrogens (tertiary/aromatic N) is 3. The van der Waals surface area contributed by atoms with E-state index in [4.69, 9.17) is 16.9 Å². The molecule has 0 amide bonds. The fourth-order valence-electron chi connectivity index (χ4n) is 3.09. The van der Waals surface area contributed by atoms with E-state index in [0.717, 1.165) is 44.0 Å². The summed E-state index contributed by atoms with van der Waals surface area (Å²) in [6.07, 6.45) is 4.01. The second kappa shape index (κ2) is 8.14. The van der Waals surface area contributed by atoms with Gasteiger partial charge in [0.05, 0.1) is 5.56 Å². The molecule has 1 aliphatic heterocycles. The third kappa shape index (κ3) is 4.25. The van der Waals surface area contributed by atoms with Crippen LogP contribution in [0.1, 0.15) is 24.0 Å². The summed E-state index contributed by atoms with van der Waals surface area (Å²) in [4.78, 5) is 6.71. The van der Waals surface area contributed by atoms with E-state index in [1.807, 2.05) is 18.2 Å². The van der Waals surface area contributed by atoms with Crippen molar-refractivity contribution in [3.63, 3.8) is 0 Å². The first-order valence-corrected chi connectivity index (χ1v) is 8.69. The summed E-state index contributed by atoms with van der Waals surface area (Å²) in [5, 5.41) is 13.3. The average Bonchev–Trinajstić information content (AvgIpc) is 2.63. The van der Waals surface area contributed by atoms with Crippen LogP contribution in [0.4, 0.5) is 5.82 Å². The van der Waals surface area contributed by atoms with Gasteiger partial charge in [0.15, 0.2) is 0 Å². The summed E-state index contributed by atoms with van der Waals surface area (Å²) in [6.45, 7) is 3.93. The van der Waals surface area contributed by atoms with Gasteiger partial charge in [-0.1, -0.05) is 29.8 Å². The Morgan fingerprint density at radius 3 is 2.75 bits per heavy atom. The molecule has 0 radical (unpaired) electrons.